The molecule has 1 fully saturated rings. The van der Waals surface area contributed by atoms with Gasteiger partial charge in [0.1, 0.15) is 11.4 Å². The summed E-state index contributed by atoms with van der Waals surface area (Å²) in [6, 6.07) is 8.30. The normalized spacial score (nSPS) is 17.9. The zero-order chi connectivity index (χ0) is 21.1. The van der Waals surface area contributed by atoms with Crippen LogP contribution in [0.25, 0.3) is 0 Å². The molecular formula is C24H39NO4. The summed E-state index contributed by atoms with van der Waals surface area (Å²) in [6.45, 7) is 12.1. The molecule has 5 heteroatoms. The lowest BCUT2D eigenvalue weighted by molar-refractivity contribution is -0.155. The topological polar surface area (TPSA) is 48.0 Å². The molecule has 0 bridgehead atoms. The summed E-state index contributed by atoms with van der Waals surface area (Å²) >= 11 is 0. The maximum atomic E-state index is 11.9. The Morgan fingerprint density at radius 1 is 1.14 bits per heavy atom. The van der Waals surface area contributed by atoms with Crippen molar-refractivity contribution in [2.24, 2.45) is 0 Å². The molecule has 1 aliphatic heterocycles. The smallest absolute Gasteiger partial charge is 0.306 e. The Balaban J connectivity index is 1.72. The molecule has 0 amide bonds. The minimum Gasteiger partial charge on any atom is -0.494 e. The second-order valence-electron chi connectivity index (χ2n) is 8.83. The summed E-state index contributed by atoms with van der Waals surface area (Å²) in [7, 11) is 0. The number of morpholine rings is 1. The van der Waals surface area contributed by atoms with Crippen LogP contribution >= 0.6 is 0 Å². The molecule has 1 aliphatic rings. The zero-order valence-electron chi connectivity index (χ0n) is 18.7. The minimum absolute atomic E-state index is 0.0730. The van der Waals surface area contributed by atoms with E-state index in [1.807, 2.05) is 32.9 Å². The number of esters is 1. The monoisotopic (exact) mass is 405 g/mol. The molecule has 5 nitrogen and oxygen atoms in total. The van der Waals surface area contributed by atoms with E-state index in [9.17, 15) is 4.79 Å². The van der Waals surface area contributed by atoms with E-state index < -0.39 is 5.60 Å². The third-order valence-electron chi connectivity index (χ3n) is 4.94. The lowest BCUT2D eigenvalue weighted by atomic mass is 10.1. The maximum absolute atomic E-state index is 11.9. The molecular weight excluding hydrogens is 366 g/mol. The number of unbranched alkanes of at least 4 members (excludes halogenated alkanes) is 3. The molecule has 1 aromatic carbocycles. The van der Waals surface area contributed by atoms with Gasteiger partial charge in [-0.2, -0.15) is 0 Å². The molecule has 0 aliphatic carbocycles. The number of carbonyl (C=O) groups is 1. The maximum Gasteiger partial charge on any atom is 0.306 e. The van der Waals surface area contributed by atoms with Crippen LogP contribution in [0.1, 0.15) is 77.9 Å². The zero-order valence-corrected chi connectivity index (χ0v) is 18.7. The largest absolute Gasteiger partial charge is 0.494 e. The van der Waals surface area contributed by atoms with Crippen LogP contribution in [0.5, 0.6) is 5.75 Å². The van der Waals surface area contributed by atoms with Gasteiger partial charge in [0.05, 0.1) is 19.3 Å². The molecule has 0 saturated carbocycles. The van der Waals surface area contributed by atoms with Crippen molar-refractivity contribution in [3.63, 3.8) is 0 Å². The fourth-order valence-corrected chi connectivity index (χ4v) is 3.44. The molecule has 0 spiro atoms. The molecule has 164 valence electrons. The summed E-state index contributed by atoms with van der Waals surface area (Å²) < 4.78 is 17.2. The number of hydrogen-bond acceptors (Lipinski definition) is 5. The Labute approximate surface area is 176 Å². The van der Waals surface area contributed by atoms with Gasteiger partial charge in [0.2, 0.25) is 0 Å². The first kappa shape index (κ1) is 23.7. The molecule has 0 N–H and O–H groups in total. The van der Waals surface area contributed by atoms with Gasteiger partial charge < -0.3 is 14.2 Å². The second kappa shape index (κ2) is 12.2. The van der Waals surface area contributed by atoms with E-state index in [-0.39, 0.29) is 12.1 Å². The van der Waals surface area contributed by atoms with Gasteiger partial charge in [0.15, 0.2) is 0 Å². The molecule has 0 radical (unpaired) electrons. The van der Waals surface area contributed by atoms with Crippen molar-refractivity contribution in [3.05, 3.63) is 29.8 Å². The number of hydrogen-bond donors (Lipinski definition) is 0. The van der Waals surface area contributed by atoms with Crippen LogP contribution < -0.4 is 4.74 Å². The highest BCUT2D eigenvalue weighted by atomic mass is 16.6. The first-order valence-corrected chi connectivity index (χ1v) is 11.2. The molecule has 29 heavy (non-hydrogen) atoms. The van der Waals surface area contributed by atoms with Crippen LogP contribution in [-0.2, 0) is 14.3 Å². The molecule has 1 saturated heterocycles. The summed E-state index contributed by atoms with van der Waals surface area (Å²) in [4.78, 5) is 14.2. The van der Waals surface area contributed by atoms with Crippen molar-refractivity contribution >= 4 is 5.97 Å². The number of benzene rings is 1. The third-order valence-corrected chi connectivity index (χ3v) is 4.94. The van der Waals surface area contributed by atoms with Crippen LogP contribution in [0, 0.1) is 0 Å². The van der Waals surface area contributed by atoms with Crippen molar-refractivity contribution < 1.29 is 19.0 Å². The van der Waals surface area contributed by atoms with Crippen molar-refractivity contribution in [1.82, 2.24) is 4.90 Å². The summed E-state index contributed by atoms with van der Waals surface area (Å²) in [6.07, 6.45) is 6.21. The van der Waals surface area contributed by atoms with Crippen molar-refractivity contribution in [1.29, 1.82) is 0 Å². The Morgan fingerprint density at radius 2 is 1.90 bits per heavy atom. The summed E-state index contributed by atoms with van der Waals surface area (Å²) in [5.74, 6) is 0.808. The number of nitrogens with zero attached hydrogens (tertiary/aromatic N) is 1. The number of ether oxygens (including phenoxy) is 3. The van der Waals surface area contributed by atoms with E-state index in [0.717, 1.165) is 44.8 Å². The first-order valence-electron chi connectivity index (χ1n) is 11.2. The molecule has 2 rings (SSSR count). The van der Waals surface area contributed by atoms with E-state index >= 15 is 0 Å². The first-order chi connectivity index (χ1) is 13.9. The average molecular weight is 406 g/mol. The number of carbonyl (C=O) groups excluding carboxylic acids is 1. The van der Waals surface area contributed by atoms with E-state index in [4.69, 9.17) is 14.2 Å². The Hall–Kier alpha value is -1.59. The van der Waals surface area contributed by atoms with Crippen molar-refractivity contribution in [2.45, 2.75) is 77.9 Å². The van der Waals surface area contributed by atoms with Gasteiger partial charge in [-0.1, -0.05) is 38.3 Å². The van der Waals surface area contributed by atoms with E-state index in [1.54, 1.807) is 0 Å². The predicted octanol–water partition coefficient (Wildman–Crippen LogP) is 5.14. The summed E-state index contributed by atoms with van der Waals surface area (Å²) in [5.41, 5.74) is 0.771. The second-order valence-corrected chi connectivity index (χ2v) is 8.83. The average Bonchev–Trinajstić information content (AvgIpc) is 2.67. The molecule has 1 atom stereocenters. The van der Waals surface area contributed by atoms with E-state index in [1.165, 1.54) is 24.8 Å². The Morgan fingerprint density at radius 3 is 2.59 bits per heavy atom. The Kier molecular flexibility index (Phi) is 9.95. The van der Waals surface area contributed by atoms with E-state index in [0.29, 0.717) is 13.0 Å². The van der Waals surface area contributed by atoms with Crippen molar-refractivity contribution in [2.75, 3.05) is 32.8 Å². The predicted molar refractivity (Wildman–Crippen MR) is 116 cm³/mol. The van der Waals surface area contributed by atoms with Crippen LogP contribution in [-0.4, -0.2) is 49.3 Å². The highest BCUT2D eigenvalue weighted by molar-refractivity contribution is 5.69. The summed E-state index contributed by atoms with van der Waals surface area (Å²) in [5, 5.41) is 0. The minimum atomic E-state index is -0.410. The van der Waals surface area contributed by atoms with Gasteiger partial charge in [-0.3, -0.25) is 9.69 Å². The van der Waals surface area contributed by atoms with Gasteiger partial charge in [0, 0.05) is 19.5 Å². The van der Waals surface area contributed by atoms with Gasteiger partial charge in [-0.05, 0) is 57.9 Å². The quantitative estimate of drug-likeness (QED) is 0.377. The highest BCUT2D eigenvalue weighted by Crippen LogP contribution is 2.25. The van der Waals surface area contributed by atoms with Crippen molar-refractivity contribution in [3.8, 4) is 5.75 Å². The van der Waals surface area contributed by atoms with Crippen LogP contribution in [0.3, 0.4) is 0 Å². The third kappa shape index (κ3) is 9.64. The van der Waals surface area contributed by atoms with Crippen LogP contribution in [0.4, 0.5) is 0 Å². The fourth-order valence-electron chi connectivity index (χ4n) is 3.44. The highest BCUT2D eigenvalue weighted by Gasteiger charge is 2.22. The van der Waals surface area contributed by atoms with Gasteiger partial charge in [-0.15, -0.1) is 0 Å². The lowest BCUT2D eigenvalue weighted by Gasteiger charge is -2.33. The van der Waals surface area contributed by atoms with Gasteiger partial charge in [0.25, 0.3) is 0 Å². The fraction of sp³-hybridized carbons (Fsp3) is 0.708. The standard InChI is InChI=1S/C24H39NO4/c1-5-6-7-8-17-27-21-13-11-20(12-14-21)22-19-25(16-18-28-22)15-9-10-23(26)29-24(2,3)4/h11-14,22H,5-10,15-19H2,1-4H3. The Bertz CT molecular complexity index is 594. The number of rotatable bonds is 11. The van der Waals surface area contributed by atoms with Gasteiger partial charge in [-0.25, -0.2) is 0 Å². The van der Waals surface area contributed by atoms with Crippen LogP contribution in [0.2, 0.25) is 0 Å². The lowest BCUT2D eigenvalue weighted by Crippen LogP contribution is -2.39. The SMILES string of the molecule is CCCCCCOc1ccc(C2CN(CCCC(=O)OC(C)(C)C)CCO2)cc1. The molecule has 0 aromatic heterocycles. The van der Waals surface area contributed by atoms with E-state index in [2.05, 4.69) is 24.0 Å². The molecule has 1 heterocycles. The van der Waals surface area contributed by atoms with Gasteiger partial charge >= 0.3 is 5.97 Å². The van der Waals surface area contributed by atoms with Crippen LogP contribution in [0.15, 0.2) is 24.3 Å². The molecule has 1 aromatic rings. The molecule has 1 unspecified atom stereocenters.